The van der Waals surface area contributed by atoms with Gasteiger partial charge in [0.15, 0.2) is 17.0 Å². The van der Waals surface area contributed by atoms with Crippen LogP contribution in [0.4, 0.5) is 11.8 Å². The van der Waals surface area contributed by atoms with Crippen LogP contribution in [0.3, 0.4) is 0 Å². The summed E-state index contributed by atoms with van der Waals surface area (Å²) in [5.74, 6) is 2.28. The van der Waals surface area contributed by atoms with Crippen molar-refractivity contribution in [1.82, 2.24) is 19.5 Å². The lowest BCUT2D eigenvalue weighted by Crippen LogP contribution is -2.26. The van der Waals surface area contributed by atoms with Gasteiger partial charge >= 0.3 is 0 Å². The maximum atomic E-state index is 4.88. The van der Waals surface area contributed by atoms with Crippen LogP contribution in [0.1, 0.15) is 58.1 Å². The molecule has 0 bridgehead atoms. The van der Waals surface area contributed by atoms with Crippen molar-refractivity contribution in [2.24, 2.45) is 5.92 Å². The van der Waals surface area contributed by atoms with Gasteiger partial charge in [0.25, 0.3) is 0 Å². The molecule has 6 heteroatoms. The molecule has 5 rings (SSSR count). The monoisotopic (exact) mass is 454 g/mol. The molecular formula is C28H34N6. The van der Waals surface area contributed by atoms with Crippen LogP contribution < -0.4 is 10.6 Å². The Hall–Kier alpha value is -3.41. The van der Waals surface area contributed by atoms with Crippen molar-refractivity contribution in [2.45, 2.75) is 65.1 Å². The fourth-order valence-corrected chi connectivity index (χ4v) is 4.75. The zero-order valence-electron chi connectivity index (χ0n) is 20.3. The molecule has 0 radical (unpaired) electrons. The predicted molar refractivity (Wildman–Crippen MR) is 140 cm³/mol. The van der Waals surface area contributed by atoms with Crippen molar-refractivity contribution in [3.63, 3.8) is 0 Å². The largest absolute Gasteiger partial charge is 0.364 e. The molecule has 4 aromatic rings. The number of hydrogen-bond donors (Lipinski definition) is 2. The van der Waals surface area contributed by atoms with Gasteiger partial charge in [-0.05, 0) is 68.2 Å². The number of imidazole rings is 1. The number of fused-ring (bicyclic) bond motifs is 1. The van der Waals surface area contributed by atoms with Gasteiger partial charge in [-0.25, -0.2) is 4.98 Å². The molecule has 1 aliphatic rings. The van der Waals surface area contributed by atoms with Gasteiger partial charge in [-0.1, -0.05) is 55.5 Å². The summed E-state index contributed by atoms with van der Waals surface area (Å²) in [6, 6.07) is 19.8. The minimum absolute atomic E-state index is 0.277. The summed E-state index contributed by atoms with van der Waals surface area (Å²) in [4.78, 5) is 14.4. The highest BCUT2D eigenvalue weighted by Gasteiger charge is 2.21. The van der Waals surface area contributed by atoms with E-state index in [9.17, 15) is 0 Å². The lowest BCUT2D eigenvalue weighted by atomic mass is 9.87. The minimum atomic E-state index is 0.277. The molecule has 1 fully saturated rings. The first-order chi connectivity index (χ1) is 16.6. The number of benzene rings is 2. The first-order valence-corrected chi connectivity index (χ1v) is 12.5. The molecule has 34 heavy (non-hydrogen) atoms. The molecule has 2 aromatic carbocycles. The Balaban J connectivity index is 1.41. The van der Waals surface area contributed by atoms with Crippen molar-refractivity contribution in [3.05, 3.63) is 66.5 Å². The molecule has 1 saturated carbocycles. The van der Waals surface area contributed by atoms with Gasteiger partial charge in [0, 0.05) is 18.6 Å². The molecule has 176 valence electrons. The van der Waals surface area contributed by atoms with Crippen molar-refractivity contribution in [3.8, 4) is 11.1 Å². The smallest absolute Gasteiger partial charge is 0.227 e. The number of nitrogens with zero attached hydrogens (tertiary/aromatic N) is 4. The van der Waals surface area contributed by atoms with Crippen LogP contribution >= 0.6 is 0 Å². The lowest BCUT2D eigenvalue weighted by molar-refractivity contribution is 0.360. The summed E-state index contributed by atoms with van der Waals surface area (Å²) in [6.45, 7) is 7.32. The Kier molecular flexibility index (Phi) is 6.48. The molecule has 0 atom stereocenters. The normalized spacial score (nSPS) is 18.4. The van der Waals surface area contributed by atoms with Crippen molar-refractivity contribution in [2.75, 3.05) is 10.6 Å². The first-order valence-electron chi connectivity index (χ1n) is 12.5. The fourth-order valence-electron chi connectivity index (χ4n) is 4.75. The van der Waals surface area contributed by atoms with Crippen LogP contribution in [0, 0.1) is 5.92 Å². The highest BCUT2D eigenvalue weighted by atomic mass is 15.2. The Morgan fingerprint density at radius 1 is 0.941 bits per heavy atom. The Morgan fingerprint density at radius 2 is 1.71 bits per heavy atom. The molecule has 6 nitrogen and oxygen atoms in total. The Morgan fingerprint density at radius 3 is 2.47 bits per heavy atom. The van der Waals surface area contributed by atoms with Crippen LogP contribution in [0.2, 0.25) is 0 Å². The zero-order chi connectivity index (χ0) is 23.5. The molecule has 0 unspecified atom stereocenters. The molecule has 0 aliphatic heterocycles. The van der Waals surface area contributed by atoms with Gasteiger partial charge in [-0.15, -0.1) is 0 Å². The molecule has 0 spiro atoms. The van der Waals surface area contributed by atoms with Crippen molar-refractivity contribution >= 4 is 22.9 Å². The van der Waals surface area contributed by atoms with E-state index in [1.165, 1.54) is 42.4 Å². The maximum absolute atomic E-state index is 4.88. The van der Waals surface area contributed by atoms with Gasteiger partial charge < -0.3 is 15.2 Å². The number of hydrogen-bond acceptors (Lipinski definition) is 5. The molecule has 1 aliphatic carbocycles. The Labute approximate surface area is 201 Å². The first kappa shape index (κ1) is 22.4. The molecular weight excluding hydrogens is 420 g/mol. The van der Waals surface area contributed by atoms with Crippen LogP contribution in [0.25, 0.3) is 22.3 Å². The quantitative estimate of drug-likeness (QED) is 0.326. The molecule has 0 saturated heterocycles. The standard InChI is InChI=1S/C28H34N6/c1-19(2)34-18-30-25-26(32-28(33-27(25)34)31-24-14-12-20(3)13-15-24)29-17-21-8-7-11-23(16-21)22-9-5-4-6-10-22/h4-11,16,18-20,24H,12-15,17H2,1-3H3,(H2,29,31,32,33). The number of aromatic nitrogens is 4. The van der Waals surface area contributed by atoms with E-state index in [-0.39, 0.29) is 6.04 Å². The van der Waals surface area contributed by atoms with E-state index in [4.69, 9.17) is 9.97 Å². The average Bonchev–Trinajstić information content (AvgIpc) is 3.29. The maximum Gasteiger partial charge on any atom is 0.227 e. The van der Waals surface area contributed by atoms with E-state index in [1.54, 1.807) is 0 Å². The summed E-state index contributed by atoms with van der Waals surface area (Å²) >= 11 is 0. The summed E-state index contributed by atoms with van der Waals surface area (Å²) < 4.78 is 2.12. The number of anilines is 2. The van der Waals surface area contributed by atoms with Gasteiger partial charge in [0.05, 0.1) is 6.33 Å². The third-order valence-corrected chi connectivity index (χ3v) is 6.82. The van der Waals surface area contributed by atoms with Crippen molar-refractivity contribution in [1.29, 1.82) is 0 Å². The van der Waals surface area contributed by atoms with E-state index >= 15 is 0 Å². The van der Waals surface area contributed by atoms with Crippen molar-refractivity contribution < 1.29 is 0 Å². The summed E-state index contributed by atoms with van der Waals surface area (Å²) in [5, 5.41) is 7.17. The Bertz CT molecular complexity index is 1240. The topological polar surface area (TPSA) is 67.7 Å². The zero-order valence-corrected chi connectivity index (χ0v) is 20.3. The third-order valence-electron chi connectivity index (χ3n) is 6.82. The highest BCUT2D eigenvalue weighted by Crippen LogP contribution is 2.28. The van der Waals surface area contributed by atoms with E-state index < -0.39 is 0 Å². The second kappa shape index (κ2) is 9.84. The second-order valence-electron chi connectivity index (χ2n) is 9.83. The van der Waals surface area contributed by atoms with Crippen LogP contribution in [-0.2, 0) is 6.54 Å². The predicted octanol–water partition coefficient (Wildman–Crippen LogP) is 6.68. The molecule has 2 aromatic heterocycles. The van der Waals surface area contributed by atoms with E-state index in [0.29, 0.717) is 18.5 Å². The highest BCUT2D eigenvalue weighted by molar-refractivity contribution is 5.84. The number of nitrogens with one attached hydrogen (secondary N) is 2. The van der Waals surface area contributed by atoms with Gasteiger partial charge in [0.2, 0.25) is 5.95 Å². The SMILES string of the molecule is CC1CCC(Nc2nc(NCc3cccc(-c4ccccc4)c3)c3ncn(C(C)C)c3n2)CC1. The fraction of sp³-hybridized carbons (Fsp3) is 0.393. The summed E-state index contributed by atoms with van der Waals surface area (Å²) in [7, 11) is 0. The number of rotatable bonds is 7. The average molecular weight is 455 g/mol. The lowest BCUT2D eigenvalue weighted by Gasteiger charge is -2.27. The van der Waals surface area contributed by atoms with E-state index in [1.807, 2.05) is 12.4 Å². The third kappa shape index (κ3) is 4.91. The van der Waals surface area contributed by atoms with E-state index in [0.717, 1.165) is 22.9 Å². The van der Waals surface area contributed by atoms with Gasteiger partial charge in [0.1, 0.15) is 0 Å². The minimum Gasteiger partial charge on any atom is -0.364 e. The van der Waals surface area contributed by atoms with Crippen LogP contribution in [0.5, 0.6) is 0 Å². The molecule has 2 N–H and O–H groups in total. The summed E-state index contributed by atoms with van der Waals surface area (Å²) in [5.41, 5.74) is 5.32. The van der Waals surface area contributed by atoms with E-state index in [2.05, 4.69) is 89.5 Å². The van der Waals surface area contributed by atoms with Gasteiger partial charge in [-0.2, -0.15) is 9.97 Å². The van der Waals surface area contributed by atoms with Gasteiger partial charge in [-0.3, -0.25) is 0 Å². The summed E-state index contributed by atoms with van der Waals surface area (Å²) in [6.07, 6.45) is 6.72. The molecule has 2 heterocycles. The van der Waals surface area contributed by atoms with Crippen LogP contribution in [-0.4, -0.2) is 25.6 Å². The van der Waals surface area contributed by atoms with Crippen LogP contribution in [0.15, 0.2) is 60.9 Å². The molecule has 0 amide bonds. The second-order valence-corrected chi connectivity index (χ2v) is 9.83.